The molecule has 3 N–H and O–H groups in total. The number of β-amino-alcohol motifs (C(OH)–C–C–N with tert-alkyl or cyclic N) is 1. The predicted octanol–water partition coefficient (Wildman–Crippen LogP) is -0.0416. The van der Waals surface area contributed by atoms with Crippen molar-refractivity contribution in [1.29, 1.82) is 0 Å². The van der Waals surface area contributed by atoms with Gasteiger partial charge in [0.15, 0.2) is 0 Å². The van der Waals surface area contributed by atoms with Crippen LogP contribution in [0.5, 0.6) is 0 Å². The maximum absolute atomic E-state index is 12.3. The number of amides is 1. The number of carbonyl (C=O) groups is 1. The Balaban J connectivity index is 0.00000208. The first-order valence-corrected chi connectivity index (χ1v) is 9.36. The van der Waals surface area contributed by atoms with Gasteiger partial charge in [0.1, 0.15) is 0 Å². The molecule has 2 aliphatic rings. The third kappa shape index (κ3) is 4.00. The van der Waals surface area contributed by atoms with E-state index in [0.29, 0.717) is 43.9 Å². The van der Waals surface area contributed by atoms with E-state index in [2.05, 4.69) is 10.6 Å². The molecule has 3 rings (SSSR count). The first-order chi connectivity index (χ1) is 11.0. The van der Waals surface area contributed by atoms with E-state index < -0.39 is 16.1 Å². The minimum absolute atomic E-state index is 0. The maximum Gasteiger partial charge on any atom is 0.251 e. The first-order valence-electron chi connectivity index (χ1n) is 7.75. The lowest BCUT2D eigenvalue weighted by atomic mass is 10.1. The SMILES string of the molecule is Cl.O=C(NCC1CNCC1O)c1cccc(N2CCCS2(=O)=O)c1. The Morgan fingerprint density at radius 2 is 2.17 bits per heavy atom. The largest absolute Gasteiger partial charge is 0.391 e. The molecular weight excluding hydrogens is 354 g/mol. The number of benzene rings is 1. The molecule has 0 saturated carbocycles. The molecular formula is C15H22ClN3O4S. The number of aliphatic hydroxyl groups excluding tert-OH is 1. The fraction of sp³-hybridized carbons (Fsp3) is 0.533. The molecule has 9 heteroatoms. The molecule has 2 saturated heterocycles. The van der Waals surface area contributed by atoms with E-state index in [4.69, 9.17) is 0 Å². The highest BCUT2D eigenvalue weighted by Gasteiger charge is 2.29. The van der Waals surface area contributed by atoms with Gasteiger partial charge in [-0.2, -0.15) is 0 Å². The third-order valence-corrected chi connectivity index (χ3v) is 6.19. The maximum atomic E-state index is 12.3. The van der Waals surface area contributed by atoms with E-state index in [1.165, 1.54) is 4.31 Å². The van der Waals surface area contributed by atoms with Crippen LogP contribution in [0.15, 0.2) is 24.3 Å². The highest BCUT2D eigenvalue weighted by atomic mass is 35.5. The fourth-order valence-corrected chi connectivity index (χ4v) is 4.54. The Morgan fingerprint density at radius 3 is 2.79 bits per heavy atom. The lowest BCUT2D eigenvalue weighted by molar-refractivity contribution is 0.0927. The molecule has 134 valence electrons. The van der Waals surface area contributed by atoms with Gasteiger partial charge in [0.2, 0.25) is 10.0 Å². The predicted molar refractivity (Wildman–Crippen MR) is 94.1 cm³/mol. The van der Waals surface area contributed by atoms with E-state index in [9.17, 15) is 18.3 Å². The number of anilines is 1. The minimum atomic E-state index is -3.25. The molecule has 24 heavy (non-hydrogen) atoms. The summed E-state index contributed by atoms with van der Waals surface area (Å²) in [5.41, 5.74) is 0.947. The second-order valence-corrected chi connectivity index (χ2v) is 8.00. The zero-order chi connectivity index (χ0) is 16.4. The van der Waals surface area contributed by atoms with Gasteiger partial charge in [-0.1, -0.05) is 6.07 Å². The molecule has 1 amide bonds. The van der Waals surface area contributed by atoms with Gasteiger partial charge in [-0.25, -0.2) is 8.42 Å². The number of nitrogens with zero attached hydrogens (tertiary/aromatic N) is 1. The molecule has 2 atom stereocenters. The lowest BCUT2D eigenvalue weighted by Crippen LogP contribution is -2.34. The molecule has 2 aliphatic heterocycles. The van der Waals surface area contributed by atoms with Crippen LogP contribution in [0.1, 0.15) is 16.8 Å². The quantitative estimate of drug-likeness (QED) is 0.685. The Bertz CT molecular complexity index is 698. The van der Waals surface area contributed by atoms with Crippen molar-refractivity contribution in [1.82, 2.24) is 10.6 Å². The van der Waals surface area contributed by atoms with E-state index in [1.807, 2.05) is 0 Å². The van der Waals surface area contributed by atoms with Crippen molar-refractivity contribution in [2.45, 2.75) is 12.5 Å². The van der Waals surface area contributed by atoms with Crippen LogP contribution in [-0.4, -0.2) is 57.5 Å². The molecule has 0 spiro atoms. The summed E-state index contributed by atoms with van der Waals surface area (Å²) < 4.78 is 25.3. The Labute approximate surface area is 147 Å². The topological polar surface area (TPSA) is 98.7 Å². The number of rotatable bonds is 4. The second kappa shape index (κ2) is 7.69. The zero-order valence-corrected chi connectivity index (χ0v) is 14.8. The van der Waals surface area contributed by atoms with Gasteiger partial charge in [0, 0.05) is 37.7 Å². The highest BCUT2D eigenvalue weighted by Crippen LogP contribution is 2.24. The van der Waals surface area contributed by atoms with Crippen LogP contribution < -0.4 is 14.9 Å². The van der Waals surface area contributed by atoms with Gasteiger partial charge >= 0.3 is 0 Å². The lowest BCUT2D eigenvalue weighted by Gasteiger charge is -2.18. The molecule has 1 aromatic rings. The summed E-state index contributed by atoms with van der Waals surface area (Å²) in [6, 6.07) is 6.64. The van der Waals surface area contributed by atoms with Crippen LogP contribution >= 0.6 is 12.4 Å². The number of sulfonamides is 1. The average molecular weight is 376 g/mol. The third-order valence-electron chi connectivity index (χ3n) is 4.32. The first kappa shape index (κ1) is 19.0. The standard InChI is InChI=1S/C15H21N3O4S.ClH/c19-14-10-16-8-12(14)9-17-15(20)11-3-1-4-13(7-11)18-5-2-6-23(18,21)22;/h1,3-4,7,12,14,16,19H,2,5-6,8-10H2,(H,17,20);1H. The molecule has 0 bridgehead atoms. The Hall–Kier alpha value is -1.35. The van der Waals surface area contributed by atoms with Crippen molar-refractivity contribution in [2.24, 2.45) is 5.92 Å². The molecule has 0 aliphatic carbocycles. The van der Waals surface area contributed by atoms with Crippen LogP contribution in [0.3, 0.4) is 0 Å². The van der Waals surface area contributed by atoms with Gasteiger partial charge < -0.3 is 15.7 Å². The number of halogens is 1. The van der Waals surface area contributed by atoms with E-state index in [1.54, 1.807) is 24.3 Å². The Kier molecular flexibility index (Phi) is 6.08. The van der Waals surface area contributed by atoms with Gasteiger partial charge in [-0.3, -0.25) is 9.10 Å². The monoisotopic (exact) mass is 375 g/mol. The summed E-state index contributed by atoms with van der Waals surface area (Å²) in [5, 5.41) is 15.6. The summed E-state index contributed by atoms with van der Waals surface area (Å²) in [6.07, 6.45) is 0.155. The van der Waals surface area contributed by atoms with Crippen molar-refractivity contribution in [2.75, 3.05) is 36.2 Å². The number of nitrogens with one attached hydrogen (secondary N) is 2. The smallest absolute Gasteiger partial charge is 0.251 e. The summed E-state index contributed by atoms with van der Waals surface area (Å²) in [6.45, 7) is 2.06. The van der Waals surface area contributed by atoms with Crippen LogP contribution in [0.4, 0.5) is 5.69 Å². The van der Waals surface area contributed by atoms with Gasteiger partial charge in [-0.15, -0.1) is 12.4 Å². The molecule has 0 aromatic heterocycles. The molecule has 2 fully saturated rings. The molecule has 0 radical (unpaired) electrons. The van der Waals surface area contributed by atoms with E-state index in [-0.39, 0.29) is 30.0 Å². The summed E-state index contributed by atoms with van der Waals surface area (Å²) in [5.74, 6) is -0.112. The van der Waals surface area contributed by atoms with Gasteiger partial charge in [0.25, 0.3) is 5.91 Å². The number of carbonyl (C=O) groups excluding carboxylic acids is 1. The molecule has 2 unspecified atom stereocenters. The van der Waals surface area contributed by atoms with Crippen LogP contribution in [0.2, 0.25) is 0 Å². The van der Waals surface area contributed by atoms with Crippen molar-refractivity contribution in [3.63, 3.8) is 0 Å². The second-order valence-electron chi connectivity index (χ2n) is 5.99. The molecule has 1 aromatic carbocycles. The average Bonchev–Trinajstić information content (AvgIpc) is 3.10. The summed E-state index contributed by atoms with van der Waals surface area (Å²) in [4.78, 5) is 12.3. The van der Waals surface area contributed by atoms with Gasteiger partial charge in [0.05, 0.1) is 17.5 Å². The van der Waals surface area contributed by atoms with Crippen molar-refractivity contribution in [3.8, 4) is 0 Å². The number of hydrogen-bond donors (Lipinski definition) is 3. The Morgan fingerprint density at radius 1 is 1.38 bits per heavy atom. The highest BCUT2D eigenvalue weighted by molar-refractivity contribution is 7.93. The number of hydrogen-bond acceptors (Lipinski definition) is 5. The van der Waals surface area contributed by atoms with E-state index in [0.717, 1.165) is 0 Å². The van der Waals surface area contributed by atoms with Crippen molar-refractivity contribution < 1.29 is 18.3 Å². The van der Waals surface area contributed by atoms with Gasteiger partial charge in [-0.05, 0) is 24.6 Å². The van der Waals surface area contributed by atoms with Crippen molar-refractivity contribution >= 4 is 34.0 Å². The normalized spacial score (nSPS) is 25.3. The van der Waals surface area contributed by atoms with Crippen molar-refractivity contribution in [3.05, 3.63) is 29.8 Å². The number of aliphatic hydroxyl groups is 1. The fourth-order valence-electron chi connectivity index (χ4n) is 2.99. The zero-order valence-electron chi connectivity index (χ0n) is 13.1. The van der Waals surface area contributed by atoms with Crippen LogP contribution in [0.25, 0.3) is 0 Å². The molecule has 2 heterocycles. The minimum Gasteiger partial charge on any atom is -0.391 e. The molecule has 7 nitrogen and oxygen atoms in total. The summed E-state index contributed by atoms with van der Waals surface area (Å²) in [7, 11) is -3.25. The summed E-state index contributed by atoms with van der Waals surface area (Å²) >= 11 is 0. The van der Waals surface area contributed by atoms with Crippen LogP contribution in [0, 0.1) is 5.92 Å². The van der Waals surface area contributed by atoms with Crippen LogP contribution in [-0.2, 0) is 10.0 Å². The van der Waals surface area contributed by atoms with E-state index >= 15 is 0 Å².